The molecule has 0 radical (unpaired) electrons. The molecule has 2 unspecified atom stereocenters. The van der Waals surface area contributed by atoms with Crippen LogP contribution in [-0.4, -0.2) is 60.6 Å². The van der Waals surface area contributed by atoms with E-state index in [0.29, 0.717) is 12.1 Å². The van der Waals surface area contributed by atoms with Crippen LogP contribution < -0.4 is 10.6 Å². The molecule has 0 aliphatic heterocycles. The van der Waals surface area contributed by atoms with Crippen LogP contribution in [0.25, 0.3) is 0 Å². The van der Waals surface area contributed by atoms with Gasteiger partial charge in [0.1, 0.15) is 0 Å². The molecule has 0 aromatic heterocycles. The van der Waals surface area contributed by atoms with Gasteiger partial charge in [-0.3, -0.25) is 9.89 Å². The number of hydrogen-bond acceptors (Lipinski definition) is 3. The van der Waals surface area contributed by atoms with E-state index in [1.165, 1.54) is 19.3 Å². The van der Waals surface area contributed by atoms with Crippen molar-refractivity contribution in [2.24, 2.45) is 4.99 Å². The van der Waals surface area contributed by atoms with Crippen molar-refractivity contribution in [2.45, 2.75) is 64.3 Å². The summed E-state index contributed by atoms with van der Waals surface area (Å²) in [7, 11) is 0. The summed E-state index contributed by atoms with van der Waals surface area (Å²) < 4.78 is 0. The first-order valence-electron chi connectivity index (χ1n) is 8.42. The molecule has 132 valence electrons. The monoisotopic (exact) mass is 442 g/mol. The number of likely N-dealkylation sites (N-methyl/N-ethyl adjacent to an activating group) is 1. The van der Waals surface area contributed by atoms with Crippen molar-refractivity contribution in [3.8, 4) is 0 Å². The quantitative estimate of drug-likeness (QED) is 0.344. The molecule has 0 bridgehead atoms. The van der Waals surface area contributed by atoms with Crippen LogP contribution in [0.15, 0.2) is 4.99 Å². The maximum absolute atomic E-state index is 4.74. The zero-order valence-corrected chi connectivity index (χ0v) is 18.0. The molecule has 0 saturated heterocycles. The molecular weight excluding hydrogens is 407 g/mol. The van der Waals surface area contributed by atoms with E-state index in [1.807, 2.05) is 11.8 Å². The fraction of sp³-hybridized carbons (Fsp3) is 0.938. The van der Waals surface area contributed by atoms with Crippen LogP contribution in [0.2, 0.25) is 0 Å². The highest BCUT2D eigenvalue weighted by molar-refractivity contribution is 14.0. The molecule has 0 amide bonds. The van der Waals surface area contributed by atoms with E-state index in [9.17, 15) is 0 Å². The zero-order valence-electron chi connectivity index (χ0n) is 14.9. The Labute approximate surface area is 158 Å². The predicted molar refractivity (Wildman–Crippen MR) is 112 cm³/mol. The lowest BCUT2D eigenvalue weighted by molar-refractivity contribution is 0.240. The molecule has 22 heavy (non-hydrogen) atoms. The molecule has 1 fully saturated rings. The Hall–Kier alpha value is 0.310. The first-order chi connectivity index (χ1) is 10.1. The second-order valence-electron chi connectivity index (χ2n) is 6.00. The zero-order chi connectivity index (χ0) is 15.7. The molecule has 1 rings (SSSR count). The van der Waals surface area contributed by atoms with E-state index in [2.05, 4.69) is 49.5 Å². The molecule has 0 aromatic carbocycles. The minimum Gasteiger partial charge on any atom is -0.357 e. The normalized spacial score (nSPS) is 22.0. The summed E-state index contributed by atoms with van der Waals surface area (Å²) in [5.74, 6) is 0.990. The molecule has 2 N–H and O–H groups in total. The average Bonchev–Trinajstić information content (AvgIpc) is 2.91. The van der Waals surface area contributed by atoms with Crippen molar-refractivity contribution in [3.63, 3.8) is 0 Å². The van der Waals surface area contributed by atoms with Gasteiger partial charge in [0.05, 0.1) is 6.54 Å². The van der Waals surface area contributed by atoms with Crippen molar-refractivity contribution in [3.05, 3.63) is 0 Å². The molecule has 4 nitrogen and oxygen atoms in total. The minimum atomic E-state index is 0. The van der Waals surface area contributed by atoms with E-state index < -0.39 is 0 Å². The van der Waals surface area contributed by atoms with Crippen LogP contribution in [0.4, 0.5) is 0 Å². The number of rotatable bonds is 8. The molecule has 0 spiro atoms. The SMILES string of the molecule is CCNC(=NCCN(CC)C(C)C)NC1CCC(SC)C1.I. The molecule has 1 saturated carbocycles. The van der Waals surface area contributed by atoms with E-state index in [-0.39, 0.29) is 24.0 Å². The van der Waals surface area contributed by atoms with Crippen LogP contribution in [-0.2, 0) is 0 Å². The fourth-order valence-electron chi connectivity index (χ4n) is 2.87. The second-order valence-corrected chi connectivity index (χ2v) is 7.13. The minimum absolute atomic E-state index is 0. The van der Waals surface area contributed by atoms with Crippen molar-refractivity contribution < 1.29 is 0 Å². The third kappa shape index (κ3) is 8.24. The molecule has 1 aliphatic rings. The summed E-state index contributed by atoms with van der Waals surface area (Å²) in [5.41, 5.74) is 0. The molecule has 0 aromatic rings. The Bertz CT molecular complexity index is 313. The standard InChI is InChI=1S/C16H34N4S.HI/c1-6-17-16(18-10-11-20(7-2)13(3)4)19-14-8-9-15(12-14)21-5;/h13-15H,6-12H2,1-5H3,(H2,17,18,19);1H. The number of halogens is 1. The van der Waals surface area contributed by atoms with Crippen LogP contribution in [0.5, 0.6) is 0 Å². The average molecular weight is 442 g/mol. The molecule has 2 atom stereocenters. The summed E-state index contributed by atoms with van der Waals surface area (Å²) in [6.07, 6.45) is 6.08. The highest BCUT2D eigenvalue weighted by Crippen LogP contribution is 2.27. The summed E-state index contributed by atoms with van der Waals surface area (Å²) in [4.78, 5) is 7.19. The van der Waals surface area contributed by atoms with E-state index in [0.717, 1.165) is 37.4 Å². The molecule has 6 heteroatoms. The van der Waals surface area contributed by atoms with Gasteiger partial charge in [0.25, 0.3) is 0 Å². The van der Waals surface area contributed by atoms with Gasteiger partial charge in [-0.05, 0) is 52.8 Å². The van der Waals surface area contributed by atoms with Gasteiger partial charge in [-0.1, -0.05) is 6.92 Å². The van der Waals surface area contributed by atoms with E-state index >= 15 is 0 Å². The van der Waals surface area contributed by atoms with E-state index in [4.69, 9.17) is 4.99 Å². The number of hydrogen-bond donors (Lipinski definition) is 2. The number of nitrogens with one attached hydrogen (secondary N) is 2. The second kappa shape index (κ2) is 12.7. The van der Waals surface area contributed by atoms with Gasteiger partial charge < -0.3 is 10.6 Å². The smallest absolute Gasteiger partial charge is 0.191 e. The van der Waals surface area contributed by atoms with Gasteiger partial charge in [-0.2, -0.15) is 11.8 Å². The first kappa shape index (κ1) is 22.3. The van der Waals surface area contributed by atoms with Crippen molar-refractivity contribution in [2.75, 3.05) is 32.4 Å². The largest absolute Gasteiger partial charge is 0.357 e. The van der Waals surface area contributed by atoms with Gasteiger partial charge in [0.15, 0.2) is 5.96 Å². The van der Waals surface area contributed by atoms with Gasteiger partial charge in [0, 0.05) is 30.4 Å². The Morgan fingerprint density at radius 3 is 2.55 bits per heavy atom. The van der Waals surface area contributed by atoms with Gasteiger partial charge >= 0.3 is 0 Å². The third-order valence-corrected chi connectivity index (χ3v) is 5.29. The van der Waals surface area contributed by atoms with Crippen molar-refractivity contribution in [1.82, 2.24) is 15.5 Å². The fourth-order valence-corrected chi connectivity index (χ4v) is 3.67. The lowest BCUT2D eigenvalue weighted by Gasteiger charge is -2.24. The van der Waals surface area contributed by atoms with Crippen molar-refractivity contribution in [1.29, 1.82) is 0 Å². The lowest BCUT2D eigenvalue weighted by atomic mass is 10.2. The summed E-state index contributed by atoms with van der Waals surface area (Å²) in [6, 6.07) is 1.19. The summed E-state index contributed by atoms with van der Waals surface area (Å²) in [5, 5.41) is 7.81. The van der Waals surface area contributed by atoms with Crippen LogP contribution >= 0.6 is 35.7 Å². The Kier molecular flexibility index (Phi) is 12.9. The van der Waals surface area contributed by atoms with Crippen LogP contribution in [0.3, 0.4) is 0 Å². The summed E-state index contributed by atoms with van der Waals surface area (Å²) in [6.45, 7) is 12.7. The van der Waals surface area contributed by atoms with E-state index in [1.54, 1.807) is 0 Å². The highest BCUT2D eigenvalue weighted by atomic mass is 127. The first-order valence-corrected chi connectivity index (χ1v) is 9.71. The van der Waals surface area contributed by atoms with Crippen LogP contribution in [0.1, 0.15) is 47.0 Å². The lowest BCUT2D eigenvalue weighted by Crippen LogP contribution is -2.43. The maximum Gasteiger partial charge on any atom is 0.191 e. The van der Waals surface area contributed by atoms with Crippen molar-refractivity contribution >= 4 is 41.7 Å². The van der Waals surface area contributed by atoms with Gasteiger partial charge in [-0.15, -0.1) is 24.0 Å². The summed E-state index contributed by atoms with van der Waals surface area (Å²) >= 11 is 2.00. The molecule has 0 heterocycles. The topological polar surface area (TPSA) is 39.7 Å². The van der Waals surface area contributed by atoms with Gasteiger partial charge in [-0.25, -0.2) is 0 Å². The number of guanidine groups is 1. The number of nitrogens with zero attached hydrogens (tertiary/aromatic N) is 2. The Morgan fingerprint density at radius 1 is 1.32 bits per heavy atom. The third-order valence-electron chi connectivity index (χ3n) is 4.20. The Balaban J connectivity index is 0.00000441. The van der Waals surface area contributed by atoms with Crippen LogP contribution in [0, 0.1) is 0 Å². The molecule has 1 aliphatic carbocycles. The van der Waals surface area contributed by atoms with Gasteiger partial charge in [0.2, 0.25) is 0 Å². The highest BCUT2D eigenvalue weighted by Gasteiger charge is 2.24. The number of thioether (sulfide) groups is 1. The maximum atomic E-state index is 4.74. The predicted octanol–water partition coefficient (Wildman–Crippen LogP) is 3.17. The number of aliphatic imine (C=N–C) groups is 1. The molecular formula is C16H35IN4S. The Morgan fingerprint density at radius 2 is 2.05 bits per heavy atom.